The number of hydrogen-bond acceptors (Lipinski definition) is 7. The Bertz CT molecular complexity index is 1470. The number of hydrogen-bond donors (Lipinski definition) is 1. The van der Waals surface area contributed by atoms with Gasteiger partial charge in [-0.25, -0.2) is 23.5 Å². The maximum absolute atomic E-state index is 15.5. The second-order valence-electron chi connectivity index (χ2n) is 10.9. The molecule has 0 aliphatic carbocycles. The van der Waals surface area contributed by atoms with Crippen LogP contribution in [0.1, 0.15) is 72.8 Å². The van der Waals surface area contributed by atoms with Gasteiger partial charge >= 0.3 is 6.09 Å². The number of ether oxygens (including phenoxy) is 1. The second-order valence-corrected chi connectivity index (χ2v) is 10.9. The van der Waals surface area contributed by atoms with Gasteiger partial charge in [-0.05, 0) is 57.4 Å². The Labute approximate surface area is 232 Å². The van der Waals surface area contributed by atoms with Crippen molar-refractivity contribution in [3.05, 3.63) is 88.4 Å². The van der Waals surface area contributed by atoms with Crippen LogP contribution in [-0.2, 0) is 4.74 Å². The lowest BCUT2D eigenvalue weighted by Crippen LogP contribution is -2.35. The number of aromatic nitrogens is 2. The summed E-state index contributed by atoms with van der Waals surface area (Å²) < 4.78 is 34.7. The van der Waals surface area contributed by atoms with Gasteiger partial charge in [-0.3, -0.25) is 9.79 Å². The van der Waals surface area contributed by atoms with Crippen molar-refractivity contribution in [2.45, 2.75) is 45.6 Å². The van der Waals surface area contributed by atoms with E-state index in [2.05, 4.69) is 15.0 Å². The van der Waals surface area contributed by atoms with E-state index in [1.54, 1.807) is 4.90 Å². The molecule has 8 nitrogen and oxygen atoms in total. The first kappa shape index (κ1) is 28.8. The molecule has 1 aromatic heterocycles. The number of likely N-dealkylation sites (tertiary alicyclic amines) is 1. The molecule has 1 aliphatic heterocycles. The Morgan fingerprint density at radius 3 is 2.50 bits per heavy atom. The van der Waals surface area contributed by atoms with Gasteiger partial charge in [-0.15, -0.1) is 0 Å². The summed E-state index contributed by atoms with van der Waals surface area (Å²) in [6, 6.07) is 9.25. The van der Waals surface area contributed by atoms with Gasteiger partial charge in [0, 0.05) is 42.7 Å². The van der Waals surface area contributed by atoms with Crippen LogP contribution in [0.5, 0.6) is 0 Å². The van der Waals surface area contributed by atoms with Crippen molar-refractivity contribution >= 4 is 23.4 Å². The SMILES string of the molecule is C/N=C(/c1ccc(C(=O)c2cccc(F)c2)cc1F)c1c(N)ncnc1C(C)C1CCN(C(=O)OC(C)(C)C)C1. The van der Waals surface area contributed by atoms with Crippen LogP contribution in [0.3, 0.4) is 0 Å². The predicted molar refractivity (Wildman–Crippen MR) is 149 cm³/mol. The quantitative estimate of drug-likeness (QED) is 0.326. The fourth-order valence-corrected chi connectivity index (χ4v) is 4.92. The number of benzene rings is 2. The smallest absolute Gasteiger partial charge is 0.410 e. The van der Waals surface area contributed by atoms with Crippen LogP contribution in [0, 0.1) is 17.6 Å². The third kappa shape index (κ3) is 6.16. The number of nitrogen functional groups attached to an aromatic ring is 1. The van der Waals surface area contributed by atoms with Gasteiger partial charge in [-0.2, -0.15) is 0 Å². The Morgan fingerprint density at radius 2 is 1.85 bits per heavy atom. The summed E-state index contributed by atoms with van der Waals surface area (Å²) in [5.41, 5.74) is 7.25. The Morgan fingerprint density at radius 1 is 1.12 bits per heavy atom. The lowest BCUT2D eigenvalue weighted by Gasteiger charge is -2.26. The zero-order chi connectivity index (χ0) is 29.2. The van der Waals surface area contributed by atoms with Crippen LogP contribution in [0.4, 0.5) is 19.4 Å². The molecule has 2 heterocycles. The van der Waals surface area contributed by atoms with Gasteiger partial charge in [-0.1, -0.05) is 25.1 Å². The Balaban J connectivity index is 1.63. The van der Waals surface area contributed by atoms with Crippen LogP contribution >= 0.6 is 0 Å². The molecule has 2 unspecified atom stereocenters. The predicted octanol–water partition coefficient (Wildman–Crippen LogP) is 5.40. The largest absolute Gasteiger partial charge is 0.444 e. The highest BCUT2D eigenvalue weighted by atomic mass is 19.1. The number of carbonyl (C=O) groups excluding carboxylic acids is 2. The Hall–Kier alpha value is -4.21. The van der Waals surface area contributed by atoms with Gasteiger partial charge in [0.2, 0.25) is 0 Å². The number of carbonyl (C=O) groups is 2. The molecule has 0 radical (unpaired) electrons. The van der Waals surface area contributed by atoms with Crippen LogP contribution in [0.2, 0.25) is 0 Å². The summed E-state index contributed by atoms with van der Waals surface area (Å²) in [6.07, 6.45) is 1.72. The highest BCUT2D eigenvalue weighted by molar-refractivity contribution is 6.17. The molecule has 2 aromatic carbocycles. The van der Waals surface area contributed by atoms with Gasteiger partial charge in [0.25, 0.3) is 0 Å². The van der Waals surface area contributed by atoms with Crippen molar-refractivity contribution in [2.24, 2.45) is 10.9 Å². The molecular weight excluding hydrogens is 516 g/mol. The third-order valence-electron chi connectivity index (χ3n) is 6.95. The van der Waals surface area contributed by atoms with Crippen molar-refractivity contribution in [1.82, 2.24) is 14.9 Å². The van der Waals surface area contributed by atoms with Crippen LogP contribution in [0.25, 0.3) is 0 Å². The topological polar surface area (TPSA) is 111 Å². The fourth-order valence-electron chi connectivity index (χ4n) is 4.92. The monoisotopic (exact) mass is 549 g/mol. The molecule has 0 saturated carbocycles. The number of anilines is 1. The minimum absolute atomic E-state index is 0.0507. The van der Waals surface area contributed by atoms with Gasteiger partial charge < -0.3 is 15.4 Å². The number of aliphatic imine (C=N–C) groups is 1. The van der Waals surface area contributed by atoms with Crippen LogP contribution in [0.15, 0.2) is 53.8 Å². The molecule has 210 valence electrons. The van der Waals surface area contributed by atoms with Crippen molar-refractivity contribution in [3.8, 4) is 0 Å². The van der Waals surface area contributed by atoms with E-state index < -0.39 is 23.0 Å². The fraction of sp³-hybridized carbons (Fsp3) is 0.367. The zero-order valence-electron chi connectivity index (χ0n) is 23.2. The molecule has 1 amide bonds. The van der Waals surface area contributed by atoms with E-state index in [9.17, 15) is 14.0 Å². The van der Waals surface area contributed by atoms with Crippen LogP contribution < -0.4 is 5.73 Å². The normalized spacial score (nSPS) is 16.6. The van der Waals surface area contributed by atoms with Gasteiger partial charge in [0.05, 0.1) is 17.0 Å². The number of ketones is 1. The average Bonchev–Trinajstić information content (AvgIpc) is 3.39. The highest BCUT2D eigenvalue weighted by Gasteiger charge is 2.35. The molecule has 1 saturated heterocycles. The summed E-state index contributed by atoms with van der Waals surface area (Å²) in [5, 5.41) is 0. The molecule has 4 rings (SSSR count). The van der Waals surface area contributed by atoms with E-state index in [0.717, 1.165) is 18.6 Å². The van der Waals surface area contributed by atoms with Crippen molar-refractivity contribution in [2.75, 3.05) is 25.9 Å². The van der Waals surface area contributed by atoms with Crippen molar-refractivity contribution in [1.29, 1.82) is 0 Å². The Kier molecular flexibility index (Phi) is 8.27. The van der Waals surface area contributed by atoms with Crippen molar-refractivity contribution in [3.63, 3.8) is 0 Å². The maximum atomic E-state index is 15.5. The van der Waals surface area contributed by atoms with Gasteiger partial charge in [0.15, 0.2) is 5.78 Å². The van der Waals surface area contributed by atoms with E-state index in [0.29, 0.717) is 24.3 Å². The molecule has 40 heavy (non-hydrogen) atoms. The molecule has 2 N–H and O–H groups in total. The summed E-state index contributed by atoms with van der Waals surface area (Å²) in [5.74, 6) is -1.73. The zero-order valence-corrected chi connectivity index (χ0v) is 23.2. The third-order valence-corrected chi connectivity index (χ3v) is 6.95. The average molecular weight is 550 g/mol. The summed E-state index contributed by atoms with van der Waals surface area (Å²) in [7, 11) is 1.52. The molecule has 3 aromatic rings. The first-order valence-corrected chi connectivity index (χ1v) is 13.0. The summed E-state index contributed by atoms with van der Waals surface area (Å²) >= 11 is 0. The number of rotatable bonds is 6. The molecule has 0 bridgehead atoms. The summed E-state index contributed by atoms with van der Waals surface area (Å²) in [6.45, 7) is 8.48. The van der Waals surface area contributed by atoms with E-state index >= 15 is 4.39 Å². The molecule has 2 atom stereocenters. The second kappa shape index (κ2) is 11.5. The van der Waals surface area contributed by atoms with Crippen LogP contribution in [-0.4, -0.2) is 58.2 Å². The van der Waals surface area contributed by atoms with E-state index in [1.165, 1.54) is 43.7 Å². The number of amides is 1. The lowest BCUT2D eigenvalue weighted by molar-refractivity contribution is 0.0286. The lowest BCUT2D eigenvalue weighted by atomic mass is 9.85. The summed E-state index contributed by atoms with van der Waals surface area (Å²) in [4.78, 5) is 40.1. The number of nitrogens with zero attached hydrogens (tertiary/aromatic N) is 4. The minimum Gasteiger partial charge on any atom is -0.444 e. The molecule has 0 spiro atoms. The van der Waals surface area contributed by atoms with E-state index in [1.807, 2.05) is 27.7 Å². The number of nitrogens with two attached hydrogens (primary N) is 1. The standard InChI is InChI=1S/C30H33F2N5O3/c1-17(20-11-12-37(15-20)29(39)40-30(2,3)4)25-24(28(33)36-16-35-25)26(34-5)22-10-9-19(14-23(22)32)27(38)18-7-6-8-21(31)13-18/h6-10,13-14,16-17,20H,11-12,15H2,1-5H3,(H2,33,35,36)/b34-26-. The van der Waals surface area contributed by atoms with E-state index in [4.69, 9.17) is 10.5 Å². The van der Waals surface area contributed by atoms with E-state index in [-0.39, 0.29) is 46.1 Å². The minimum atomic E-state index is -0.693. The van der Waals surface area contributed by atoms with Crippen molar-refractivity contribution < 1.29 is 23.1 Å². The number of halogens is 2. The molecular formula is C30H33F2N5O3. The molecule has 1 aliphatic rings. The first-order chi connectivity index (χ1) is 18.9. The first-order valence-electron chi connectivity index (χ1n) is 13.0. The highest BCUT2D eigenvalue weighted by Crippen LogP contribution is 2.35. The molecule has 10 heteroatoms. The van der Waals surface area contributed by atoms with Gasteiger partial charge in [0.1, 0.15) is 29.4 Å². The maximum Gasteiger partial charge on any atom is 0.410 e. The molecule has 1 fully saturated rings.